The molecular weight excluding hydrogens is 148 g/mol. The van der Waals surface area contributed by atoms with E-state index in [1.807, 2.05) is 7.05 Å². The van der Waals surface area contributed by atoms with Crippen molar-refractivity contribution in [3.05, 3.63) is 0 Å². The summed E-state index contributed by atoms with van der Waals surface area (Å²) in [6.07, 6.45) is 2.71. The Kier molecular flexibility index (Phi) is 6.08. The van der Waals surface area contributed by atoms with Gasteiger partial charge in [0.1, 0.15) is 0 Å². The Morgan fingerprint density at radius 1 is 1.60 bits per heavy atom. The molecule has 0 aromatic rings. The Hall–Kier alpha value is 0.210. The summed E-state index contributed by atoms with van der Waals surface area (Å²) >= 11 is 0. The highest BCUT2D eigenvalue weighted by atomic mass is 35.5. The van der Waals surface area contributed by atoms with Gasteiger partial charge in [-0.05, 0) is 45.4 Å². The fourth-order valence-electron chi connectivity index (χ4n) is 1.31. The molecular formula is C7H17ClN2. The lowest BCUT2D eigenvalue weighted by Crippen LogP contribution is -2.15. The smallest absolute Gasteiger partial charge is 0.00196 e. The first-order valence-electron chi connectivity index (χ1n) is 3.79. The quantitative estimate of drug-likeness (QED) is 0.640. The fraction of sp³-hybridized carbons (Fsp3) is 1.00. The monoisotopic (exact) mass is 164 g/mol. The second kappa shape index (κ2) is 5.96. The van der Waals surface area contributed by atoms with Gasteiger partial charge in [0, 0.05) is 0 Å². The molecule has 0 unspecified atom stereocenters. The SMILES string of the molecule is CNCC[C@@H]1CCNC1.Cl. The minimum atomic E-state index is 0. The predicted octanol–water partition coefficient (Wildman–Crippen LogP) is 0.627. The second-order valence-corrected chi connectivity index (χ2v) is 2.75. The van der Waals surface area contributed by atoms with Crippen LogP contribution in [0.4, 0.5) is 0 Å². The van der Waals surface area contributed by atoms with E-state index >= 15 is 0 Å². The van der Waals surface area contributed by atoms with Crippen LogP contribution in [0.2, 0.25) is 0 Å². The molecule has 1 rings (SSSR count). The molecule has 62 valence electrons. The Bertz CT molecular complexity index is 72.0. The molecule has 1 aliphatic rings. The maximum absolute atomic E-state index is 3.35. The Balaban J connectivity index is 0.000000810. The number of halogens is 1. The van der Waals surface area contributed by atoms with Gasteiger partial charge in [0.2, 0.25) is 0 Å². The van der Waals surface area contributed by atoms with E-state index in [1.54, 1.807) is 0 Å². The first kappa shape index (κ1) is 10.2. The summed E-state index contributed by atoms with van der Waals surface area (Å²) in [4.78, 5) is 0. The van der Waals surface area contributed by atoms with Crippen LogP contribution in [0, 0.1) is 5.92 Å². The van der Waals surface area contributed by atoms with Crippen LogP contribution in [0.25, 0.3) is 0 Å². The lowest BCUT2D eigenvalue weighted by molar-refractivity contribution is 0.517. The van der Waals surface area contributed by atoms with Crippen LogP contribution in [-0.4, -0.2) is 26.7 Å². The molecule has 0 bridgehead atoms. The van der Waals surface area contributed by atoms with Gasteiger partial charge >= 0.3 is 0 Å². The molecule has 0 radical (unpaired) electrons. The number of hydrogen-bond donors (Lipinski definition) is 2. The highest BCUT2D eigenvalue weighted by Crippen LogP contribution is 2.10. The largest absolute Gasteiger partial charge is 0.320 e. The van der Waals surface area contributed by atoms with Crippen molar-refractivity contribution >= 4 is 12.4 Å². The van der Waals surface area contributed by atoms with E-state index in [2.05, 4.69) is 10.6 Å². The second-order valence-electron chi connectivity index (χ2n) is 2.75. The molecule has 10 heavy (non-hydrogen) atoms. The molecule has 1 fully saturated rings. The molecule has 1 atom stereocenters. The van der Waals surface area contributed by atoms with E-state index < -0.39 is 0 Å². The van der Waals surface area contributed by atoms with E-state index in [0.717, 1.165) is 5.92 Å². The average Bonchev–Trinajstić information content (AvgIpc) is 2.34. The highest BCUT2D eigenvalue weighted by Gasteiger charge is 2.12. The summed E-state index contributed by atoms with van der Waals surface area (Å²) < 4.78 is 0. The number of rotatable bonds is 3. The molecule has 1 saturated heterocycles. The van der Waals surface area contributed by atoms with Gasteiger partial charge < -0.3 is 10.6 Å². The van der Waals surface area contributed by atoms with Crippen LogP contribution >= 0.6 is 12.4 Å². The zero-order valence-electron chi connectivity index (χ0n) is 6.52. The van der Waals surface area contributed by atoms with Crippen molar-refractivity contribution < 1.29 is 0 Å². The minimum Gasteiger partial charge on any atom is -0.320 e. The highest BCUT2D eigenvalue weighted by molar-refractivity contribution is 5.85. The van der Waals surface area contributed by atoms with Crippen LogP contribution in [0.1, 0.15) is 12.8 Å². The van der Waals surface area contributed by atoms with E-state index in [-0.39, 0.29) is 12.4 Å². The van der Waals surface area contributed by atoms with Crippen LogP contribution < -0.4 is 10.6 Å². The van der Waals surface area contributed by atoms with Crippen molar-refractivity contribution in [2.75, 3.05) is 26.7 Å². The zero-order valence-corrected chi connectivity index (χ0v) is 7.34. The van der Waals surface area contributed by atoms with Gasteiger partial charge in [-0.1, -0.05) is 0 Å². The molecule has 3 heteroatoms. The molecule has 0 spiro atoms. The molecule has 0 amide bonds. The van der Waals surface area contributed by atoms with Crippen LogP contribution in [-0.2, 0) is 0 Å². The lowest BCUT2D eigenvalue weighted by Gasteiger charge is -2.05. The van der Waals surface area contributed by atoms with E-state index in [4.69, 9.17) is 0 Å². The Morgan fingerprint density at radius 2 is 2.40 bits per heavy atom. The van der Waals surface area contributed by atoms with Crippen LogP contribution in [0.3, 0.4) is 0 Å². The third-order valence-electron chi connectivity index (χ3n) is 1.96. The maximum atomic E-state index is 3.35. The summed E-state index contributed by atoms with van der Waals surface area (Å²) in [5, 5.41) is 6.52. The number of nitrogens with one attached hydrogen (secondary N) is 2. The van der Waals surface area contributed by atoms with Gasteiger partial charge in [-0.3, -0.25) is 0 Å². The van der Waals surface area contributed by atoms with Gasteiger partial charge in [-0.2, -0.15) is 0 Å². The summed E-state index contributed by atoms with van der Waals surface area (Å²) in [6, 6.07) is 0. The fourth-order valence-corrected chi connectivity index (χ4v) is 1.31. The van der Waals surface area contributed by atoms with Gasteiger partial charge in [0.15, 0.2) is 0 Å². The third kappa shape index (κ3) is 3.40. The number of hydrogen-bond acceptors (Lipinski definition) is 2. The lowest BCUT2D eigenvalue weighted by atomic mass is 10.1. The van der Waals surface area contributed by atoms with Crippen molar-refractivity contribution in [2.45, 2.75) is 12.8 Å². The topological polar surface area (TPSA) is 24.1 Å². The van der Waals surface area contributed by atoms with E-state index in [1.165, 1.54) is 32.5 Å². The summed E-state index contributed by atoms with van der Waals surface area (Å²) in [6.45, 7) is 3.64. The standard InChI is InChI=1S/C7H16N2.ClH/c1-8-4-2-7-3-5-9-6-7;/h7-9H,2-6H2,1H3;1H/t7-;/m1./s1. The Labute approximate surface area is 69.2 Å². The van der Waals surface area contributed by atoms with Gasteiger partial charge in [-0.15, -0.1) is 12.4 Å². The molecule has 0 aliphatic carbocycles. The average molecular weight is 165 g/mol. The normalized spacial score (nSPS) is 24.3. The summed E-state index contributed by atoms with van der Waals surface area (Å²) in [7, 11) is 2.02. The molecule has 2 N–H and O–H groups in total. The van der Waals surface area contributed by atoms with Crippen molar-refractivity contribution in [2.24, 2.45) is 5.92 Å². The maximum Gasteiger partial charge on any atom is -0.00196 e. The molecule has 1 aliphatic heterocycles. The molecule has 2 nitrogen and oxygen atoms in total. The van der Waals surface area contributed by atoms with E-state index in [0.29, 0.717) is 0 Å². The van der Waals surface area contributed by atoms with Gasteiger partial charge in [0.25, 0.3) is 0 Å². The summed E-state index contributed by atoms with van der Waals surface area (Å²) in [5.41, 5.74) is 0. The Morgan fingerprint density at radius 3 is 2.90 bits per heavy atom. The van der Waals surface area contributed by atoms with E-state index in [9.17, 15) is 0 Å². The van der Waals surface area contributed by atoms with Crippen LogP contribution in [0.5, 0.6) is 0 Å². The summed E-state index contributed by atoms with van der Waals surface area (Å²) in [5.74, 6) is 0.942. The van der Waals surface area contributed by atoms with Gasteiger partial charge in [-0.25, -0.2) is 0 Å². The molecule has 0 saturated carbocycles. The molecule has 1 heterocycles. The van der Waals surface area contributed by atoms with Gasteiger partial charge in [0.05, 0.1) is 0 Å². The minimum absolute atomic E-state index is 0. The van der Waals surface area contributed by atoms with Crippen LogP contribution in [0.15, 0.2) is 0 Å². The van der Waals surface area contributed by atoms with Crippen molar-refractivity contribution in [1.29, 1.82) is 0 Å². The molecule has 0 aromatic heterocycles. The van der Waals surface area contributed by atoms with Crippen molar-refractivity contribution in [1.82, 2.24) is 10.6 Å². The predicted molar refractivity (Wildman–Crippen MR) is 46.8 cm³/mol. The first-order chi connectivity index (χ1) is 4.43. The third-order valence-corrected chi connectivity index (χ3v) is 1.96. The zero-order chi connectivity index (χ0) is 6.53. The van der Waals surface area contributed by atoms with Crippen molar-refractivity contribution in [3.63, 3.8) is 0 Å². The van der Waals surface area contributed by atoms with Crippen molar-refractivity contribution in [3.8, 4) is 0 Å². The molecule has 0 aromatic carbocycles. The first-order valence-corrected chi connectivity index (χ1v) is 3.79.